The SMILES string of the molecule is CSc1ccc(C(=O)N(C)Cc2c(C)noc2C)cc1. The second-order valence-electron chi connectivity index (χ2n) is 4.69. The van der Waals surface area contributed by atoms with E-state index in [4.69, 9.17) is 4.52 Å². The molecule has 0 aliphatic carbocycles. The number of hydrogen-bond acceptors (Lipinski definition) is 4. The van der Waals surface area contributed by atoms with Crippen LogP contribution in [0.15, 0.2) is 33.7 Å². The van der Waals surface area contributed by atoms with E-state index in [9.17, 15) is 4.79 Å². The van der Waals surface area contributed by atoms with Gasteiger partial charge in [-0.3, -0.25) is 4.79 Å². The Labute approximate surface area is 123 Å². The number of aromatic nitrogens is 1. The average Bonchev–Trinajstić information content (AvgIpc) is 2.78. The smallest absolute Gasteiger partial charge is 0.253 e. The maximum Gasteiger partial charge on any atom is 0.253 e. The minimum atomic E-state index is -0.00217. The third-order valence-electron chi connectivity index (χ3n) is 3.26. The van der Waals surface area contributed by atoms with Gasteiger partial charge in [0.2, 0.25) is 0 Å². The topological polar surface area (TPSA) is 46.3 Å². The Bertz CT molecular complexity index is 585. The van der Waals surface area contributed by atoms with E-state index in [1.807, 2.05) is 44.4 Å². The maximum atomic E-state index is 12.4. The number of carbonyl (C=O) groups excluding carboxylic acids is 1. The second kappa shape index (κ2) is 6.13. The first kappa shape index (κ1) is 14.7. The van der Waals surface area contributed by atoms with Crippen LogP contribution >= 0.6 is 11.8 Å². The number of thioether (sulfide) groups is 1. The molecule has 1 aromatic heterocycles. The fourth-order valence-electron chi connectivity index (χ4n) is 1.99. The van der Waals surface area contributed by atoms with E-state index < -0.39 is 0 Å². The Hall–Kier alpha value is -1.75. The predicted octanol–water partition coefficient (Wildman–Crippen LogP) is 3.29. The molecule has 20 heavy (non-hydrogen) atoms. The summed E-state index contributed by atoms with van der Waals surface area (Å²) in [5.74, 6) is 0.762. The van der Waals surface area contributed by atoms with Crippen LogP contribution in [0.3, 0.4) is 0 Å². The Kier molecular flexibility index (Phi) is 4.49. The first-order valence-electron chi connectivity index (χ1n) is 6.34. The van der Waals surface area contributed by atoms with Gasteiger partial charge in [0.1, 0.15) is 5.76 Å². The number of benzene rings is 1. The summed E-state index contributed by atoms with van der Waals surface area (Å²) in [5.41, 5.74) is 2.50. The fourth-order valence-corrected chi connectivity index (χ4v) is 2.40. The normalized spacial score (nSPS) is 10.6. The number of amides is 1. The summed E-state index contributed by atoms with van der Waals surface area (Å²) < 4.78 is 5.12. The van der Waals surface area contributed by atoms with Crippen molar-refractivity contribution in [3.05, 3.63) is 46.8 Å². The minimum absolute atomic E-state index is 0.00217. The van der Waals surface area contributed by atoms with Crippen molar-refractivity contribution < 1.29 is 9.32 Å². The number of carbonyl (C=O) groups is 1. The molecule has 0 N–H and O–H groups in total. The zero-order valence-electron chi connectivity index (χ0n) is 12.1. The highest BCUT2D eigenvalue weighted by Gasteiger charge is 2.16. The molecule has 1 heterocycles. The van der Waals surface area contributed by atoms with Gasteiger partial charge in [-0.05, 0) is 44.4 Å². The summed E-state index contributed by atoms with van der Waals surface area (Å²) >= 11 is 1.66. The van der Waals surface area contributed by atoms with E-state index in [0.717, 1.165) is 21.9 Å². The third-order valence-corrected chi connectivity index (χ3v) is 4.00. The minimum Gasteiger partial charge on any atom is -0.361 e. The van der Waals surface area contributed by atoms with Crippen molar-refractivity contribution >= 4 is 17.7 Å². The highest BCUT2D eigenvalue weighted by atomic mass is 32.2. The van der Waals surface area contributed by atoms with Gasteiger partial charge in [0.25, 0.3) is 5.91 Å². The molecule has 1 aromatic carbocycles. The van der Waals surface area contributed by atoms with Crippen LogP contribution in [0.4, 0.5) is 0 Å². The largest absolute Gasteiger partial charge is 0.361 e. The lowest BCUT2D eigenvalue weighted by atomic mass is 10.1. The zero-order chi connectivity index (χ0) is 14.7. The molecule has 0 bridgehead atoms. The molecule has 0 unspecified atom stereocenters. The van der Waals surface area contributed by atoms with Crippen molar-refractivity contribution in [2.24, 2.45) is 0 Å². The summed E-state index contributed by atoms with van der Waals surface area (Å²) in [5, 5.41) is 3.91. The summed E-state index contributed by atoms with van der Waals surface area (Å²) in [6.45, 7) is 4.25. The molecule has 0 atom stereocenters. The maximum absolute atomic E-state index is 12.4. The van der Waals surface area contributed by atoms with Crippen LogP contribution in [0, 0.1) is 13.8 Å². The highest BCUT2D eigenvalue weighted by Crippen LogP contribution is 2.18. The molecule has 0 radical (unpaired) electrons. The van der Waals surface area contributed by atoms with Crippen LogP contribution in [0.5, 0.6) is 0 Å². The molecule has 2 aromatic rings. The van der Waals surface area contributed by atoms with E-state index in [1.165, 1.54) is 0 Å². The third kappa shape index (κ3) is 3.04. The van der Waals surface area contributed by atoms with E-state index in [1.54, 1.807) is 23.7 Å². The molecular weight excluding hydrogens is 272 g/mol. The number of rotatable bonds is 4. The summed E-state index contributed by atoms with van der Waals surface area (Å²) in [4.78, 5) is 15.2. The first-order chi connectivity index (χ1) is 9.52. The van der Waals surface area contributed by atoms with Gasteiger partial charge in [0.15, 0.2) is 0 Å². The molecule has 4 nitrogen and oxygen atoms in total. The molecular formula is C15H18N2O2S. The fraction of sp³-hybridized carbons (Fsp3) is 0.333. The van der Waals surface area contributed by atoms with Gasteiger partial charge in [-0.1, -0.05) is 5.16 Å². The van der Waals surface area contributed by atoms with Gasteiger partial charge in [0, 0.05) is 23.1 Å². The number of aryl methyl sites for hydroxylation is 2. The van der Waals surface area contributed by atoms with Crippen LogP contribution in [-0.4, -0.2) is 29.3 Å². The van der Waals surface area contributed by atoms with Crippen LogP contribution in [0.25, 0.3) is 0 Å². The molecule has 106 valence electrons. The van der Waals surface area contributed by atoms with Crippen molar-refractivity contribution in [3.63, 3.8) is 0 Å². The summed E-state index contributed by atoms with van der Waals surface area (Å²) in [6.07, 6.45) is 2.01. The molecule has 1 amide bonds. The molecule has 0 aliphatic rings. The van der Waals surface area contributed by atoms with Crippen molar-refractivity contribution in [3.8, 4) is 0 Å². The van der Waals surface area contributed by atoms with Gasteiger partial charge < -0.3 is 9.42 Å². The van der Waals surface area contributed by atoms with Gasteiger partial charge in [-0.15, -0.1) is 11.8 Å². The molecule has 0 fully saturated rings. The van der Waals surface area contributed by atoms with Crippen molar-refractivity contribution in [2.75, 3.05) is 13.3 Å². The Balaban J connectivity index is 2.12. The van der Waals surface area contributed by atoms with E-state index in [2.05, 4.69) is 5.16 Å². The molecule has 0 spiro atoms. The summed E-state index contributed by atoms with van der Waals surface area (Å²) in [6, 6.07) is 7.64. The molecule has 0 aliphatic heterocycles. The van der Waals surface area contributed by atoms with E-state index >= 15 is 0 Å². The first-order valence-corrected chi connectivity index (χ1v) is 7.56. The lowest BCUT2D eigenvalue weighted by Crippen LogP contribution is -2.26. The average molecular weight is 290 g/mol. The van der Waals surface area contributed by atoms with Crippen LogP contribution in [0.1, 0.15) is 27.4 Å². The Morgan fingerprint density at radius 3 is 2.45 bits per heavy atom. The van der Waals surface area contributed by atoms with Crippen molar-refractivity contribution in [1.29, 1.82) is 0 Å². The second-order valence-corrected chi connectivity index (χ2v) is 5.57. The molecule has 0 saturated heterocycles. The van der Waals surface area contributed by atoms with Crippen molar-refractivity contribution in [1.82, 2.24) is 10.1 Å². The molecule has 0 saturated carbocycles. The Morgan fingerprint density at radius 1 is 1.30 bits per heavy atom. The summed E-state index contributed by atoms with van der Waals surface area (Å²) in [7, 11) is 1.79. The number of nitrogens with zero attached hydrogens (tertiary/aromatic N) is 2. The van der Waals surface area contributed by atoms with E-state index in [-0.39, 0.29) is 5.91 Å². The van der Waals surface area contributed by atoms with Crippen molar-refractivity contribution in [2.45, 2.75) is 25.3 Å². The zero-order valence-corrected chi connectivity index (χ0v) is 13.0. The monoisotopic (exact) mass is 290 g/mol. The van der Waals surface area contributed by atoms with Gasteiger partial charge in [0.05, 0.1) is 12.2 Å². The predicted molar refractivity (Wildman–Crippen MR) is 80.0 cm³/mol. The quantitative estimate of drug-likeness (QED) is 0.811. The van der Waals surface area contributed by atoms with Crippen LogP contribution in [-0.2, 0) is 6.54 Å². The molecule has 2 rings (SSSR count). The van der Waals surface area contributed by atoms with Gasteiger partial charge in [-0.25, -0.2) is 0 Å². The Morgan fingerprint density at radius 2 is 1.95 bits per heavy atom. The van der Waals surface area contributed by atoms with E-state index in [0.29, 0.717) is 12.1 Å². The van der Waals surface area contributed by atoms with Gasteiger partial charge >= 0.3 is 0 Å². The lowest BCUT2D eigenvalue weighted by molar-refractivity contribution is 0.0784. The van der Waals surface area contributed by atoms with Crippen LogP contribution < -0.4 is 0 Å². The van der Waals surface area contributed by atoms with Crippen LogP contribution in [0.2, 0.25) is 0 Å². The molecule has 5 heteroatoms. The van der Waals surface area contributed by atoms with Gasteiger partial charge in [-0.2, -0.15) is 0 Å². The highest BCUT2D eigenvalue weighted by molar-refractivity contribution is 7.98. The number of hydrogen-bond donors (Lipinski definition) is 0. The lowest BCUT2D eigenvalue weighted by Gasteiger charge is -2.17. The standard InChI is InChI=1S/C15H18N2O2S/c1-10-14(11(2)19-16-10)9-17(3)15(18)12-5-7-13(20-4)8-6-12/h5-8H,9H2,1-4H3.